The molecule has 0 saturated heterocycles. The Morgan fingerprint density at radius 2 is 0.667 bits per heavy atom. The van der Waals surface area contributed by atoms with Gasteiger partial charge in [0, 0.05) is 26.2 Å². The molecule has 2 aliphatic rings. The molecule has 0 spiro atoms. The van der Waals surface area contributed by atoms with Crippen LogP contribution >= 0.6 is 33.2 Å². The summed E-state index contributed by atoms with van der Waals surface area (Å²) in [4.78, 5) is 0. The molecule has 2 heterocycles. The topological polar surface area (TPSA) is 13.0 Å². The number of rotatable bonds is 7. The second kappa shape index (κ2) is 12.6. The van der Waals surface area contributed by atoms with Crippen LogP contribution in [0.25, 0.3) is 0 Å². The minimum absolute atomic E-state index is 0.0449. The molecule has 0 aliphatic carbocycles. The van der Waals surface area contributed by atoms with E-state index in [-0.39, 0.29) is 21.7 Å². The highest BCUT2D eigenvalue weighted by Gasteiger charge is 2.82. The maximum atomic E-state index is 9.07. The van der Waals surface area contributed by atoms with E-state index < -0.39 is 20.9 Å². The summed E-state index contributed by atoms with van der Waals surface area (Å²) in [5.74, 6) is 0. The molecule has 10 heteroatoms. The standard InChI is InChI=1S/C38H57Cl3N4Si3/c1-35(2,3)26-42-31-22-16-17-23-32(31)43(27-36(4,5)6)47(42,40)46(39,30-20-14-13-15-21-30)48(41)44(28-37(7,8)9)33-24-18-19-25-34(33)45(48)29-38(10,11)12/h13-25H,26-29H2,1-12H3. The van der Waals surface area contributed by atoms with Crippen LogP contribution in [0, 0.1) is 21.7 Å². The average Bonchev–Trinajstić information content (AvgIpc) is 3.32. The van der Waals surface area contributed by atoms with Crippen LogP contribution < -0.4 is 23.4 Å². The zero-order valence-electron chi connectivity index (χ0n) is 31.3. The van der Waals surface area contributed by atoms with Gasteiger partial charge < -0.3 is 18.3 Å². The van der Waals surface area contributed by atoms with Crippen LogP contribution in [0.1, 0.15) is 83.1 Å². The number of hydrogen-bond donors (Lipinski definition) is 0. The van der Waals surface area contributed by atoms with Crippen molar-refractivity contribution >= 4 is 82.0 Å². The molecule has 5 rings (SSSR count). The van der Waals surface area contributed by atoms with E-state index in [0.29, 0.717) is 0 Å². The fourth-order valence-electron chi connectivity index (χ4n) is 7.41. The van der Waals surface area contributed by atoms with Gasteiger partial charge in [-0.15, -0.1) is 22.2 Å². The van der Waals surface area contributed by atoms with Gasteiger partial charge in [-0.3, -0.25) is 0 Å². The van der Waals surface area contributed by atoms with Crippen LogP contribution in [0.3, 0.4) is 0 Å². The lowest BCUT2D eigenvalue weighted by molar-refractivity contribution is 0.424. The Hall–Kier alpha value is -1.62. The highest BCUT2D eigenvalue weighted by molar-refractivity contribution is 8.00. The van der Waals surface area contributed by atoms with Crippen molar-refractivity contribution in [2.75, 3.05) is 44.4 Å². The minimum Gasteiger partial charge on any atom is -0.368 e. The quantitative estimate of drug-likeness (QED) is 0.176. The molecule has 0 fully saturated rings. The molecule has 0 radical (unpaired) electrons. The number of benzene rings is 3. The number of para-hydroxylation sites is 4. The van der Waals surface area contributed by atoms with Crippen molar-refractivity contribution in [3.63, 3.8) is 0 Å². The first-order valence-corrected chi connectivity index (χ1v) is 28.2. The lowest BCUT2D eigenvalue weighted by Crippen LogP contribution is -2.93. The van der Waals surface area contributed by atoms with Crippen LogP contribution in [-0.2, 0) is 0 Å². The van der Waals surface area contributed by atoms with E-state index in [1.165, 1.54) is 22.7 Å². The van der Waals surface area contributed by atoms with Crippen molar-refractivity contribution in [1.29, 1.82) is 0 Å². The van der Waals surface area contributed by atoms with Crippen LogP contribution in [0.2, 0.25) is 0 Å². The van der Waals surface area contributed by atoms with Gasteiger partial charge in [0.1, 0.15) is 0 Å². The molecular weight excluding hydrogens is 703 g/mol. The Bertz CT molecular complexity index is 1420. The molecule has 3 aromatic carbocycles. The molecule has 0 unspecified atom stereocenters. The highest BCUT2D eigenvalue weighted by atomic mass is 35.6. The summed E-state index contributed by atoms with van der Waals surface area (Å²) in [6.45, 7) is 30.8. The molecule has 0 saturated carbocycles. The highest BCUT2D eigenvalue weighted by Crippen LogP contribution is 2.58. The van der Waals surface area contributed by atoms with E-state index in [0.717, 1.165) is 31.4 Å². The van der Waals surface area contributed by atoms with Gasteiger partial charge in [-0.2, -0.15) is 11.1 Å². The van der Waals surface area contributed by atoms with Crippen LogP contribution in [0.5, 0.6) is 0 Å². The first kappa shape index (κ1) is 37.6. The normalized spacial score (nSPS) is 18.0. The molecule has 0 atom stereocenters. The maximum Gasteiger partial charge on any atom is 0.370 e. The molecule has 4 nitrogen and oxygen atoms in total. The minimum atomic E-state index is -3.57. The molecule has 0 bridgehead atoms. The first-order chi connectivity index (χ1) is 21.9. The summed E-state index contributed by atoms with van der Waals surface area (Å²) in [5, 5.41) is 1.13. The average molecular weight is 761 g/mol. The second-order valence-corrected chi connectivity index (χ2v) is 44.0. The van der Waals surface area contributed by atoms with E-state index in [1.807, 2.05) is 0 Å². The van der Waals surface area contributed by atoms with Gasteiger partial charge in [-0.25, -0.2) is 0 Å². The van der Waals surface area contributed by atoms with Crippen molar-refractivity contribution < 1.29 is 0 Å². The summed E-state index contributed by atoms with van der Waals surface area (Å²) in [6, 6.07) is 28.5. The van der Waals surface area contributed by atoms with E-state index in [9.17, 15) is 0 Å². The van der Waals surface area contributed by atoms with Gasteiger partial charge in [0.2, 0.25) is 0 Å². The van der Waals surface area contributed by atoms with Crippen molar-refractivity contribution in [2.24, 2.45) is 21.7 Å². The number of hydrogen-bond acceptors (Lipinski definition) is 4. The Morgan fingerprint density at radius 3 is 0.896 bits per heavy atom. The smallest absolute Gasteiger partial charge is 0.368 e. The zero-order chi connectivity index (χ0) is 35.7. The fraction of sp³-hybridized carbons (Fsp3) is 0.526. The molecular formula is C38H57Cl3N4Si3. The lowest BCUT2D eigenvalue weighted by atomic mass is 9.96. The van der Waals surface area contributed by atoms with Crippen molar-refractivity contribution in [3.05, 3.63) is 78.9 Å². The molecule has 48 heavy (non-hydrogen) atoms. The summed E-state index contributed by atoms with van der Waals surface area (Å²) < 4.78 is 10.4. The van der Waals surface area contributed by atoms with Gasteiger partial charge >= 0.3 is 14.4 Å². The van der Waals surface area contributed by atoms with Gasteiger partial charge in [-0.05, 0) is 51.1 Å². The van der Waals surface area contributed by atoms with Crippen LogP contribution in [0.15, 0.2) is 78.9 Å². The number of fused-ring (bicyclic) bond motifs is 2. The predicted molar refractivity (Wildman–Crippen MR) is 221 cm³/mol. The molecule has 3 aromatic rings. The van der Waals surface area contributed by atoms with E-state index in [4.69, 9.17) is 33.2 Å². The van der Waals surface area contributed by atoms with Crippen LogP contribution in [0.4, 0.5) is 22.7 Å². The zero-order valence-corrected chi connectivity index (χ0v) is 36.5. The third kappa shape index (κ3) is 6.61. The molecule has 0 N–H and O–H groups in total. The SMILES string of the molecule is CC(C)(C)CN1c2ccccc2N(CC(C)(C)C)[Si]1(Cl)[Si](Cl)(c1ccccc1)[Si]1(Cl)N(CC(C)(C)C)c2ccccc2N1CC(C)(C)C. The van der Waals surface area contributed by atoms with Gasteiger partial charge in [0.15, 0.2) is 0 Å². The van der Waals surface area contributed by atoms with Gasteiger partial charge in [0.25, 0.3) is 6.42 Å². The Labute approximate surface area is 308 Å². The first-order valence-electron chi connectivity index (χ1n) is 17.4. The Kier molecular flexibility index (Phi) is 9.84. The van der Waals surface area contributed by atoms with E-state index in [1.54, 1.807) is 0 Å². The third-order valence-electron chi connectivity index (χ3n) is 8.94. The summed E-state index contributed by atoms with van der Waals surface area (Å²) in [5.41, 5.74) is 4.55. The largest absolute Gasteiger partial charge is 0.370 e. The van der Waals surface area contributed by atoms with Gasteiger partial charge in [0.05, 0.1) is 22.7 Å². The lowest BCUT2D eigenvalue weighted by Gasteiger charge is -2.57. The summed E-state index contributed by atoms with van der Waals surface area (Å²) >= 11 is 26.9. The second-order valence-electron chi connectivity index (χ2n) is 18.8. The van der Waals surface area contributed by atoms with Crippen LogP contribution in [-0.4, -0.2) is 47.0 Å². The fourth-order valence-corrected chi connectivity index (χ4v) is 52.1. The molecule has 2 aliphatic heterocycles. The molecule has 0 amide bonds. The summed E-state index contributed by atoms with van der Waals surface area (Å²) in [6.07, 6.45) is -3.57. The number of nitrogens with zero attached hydrogens (tertiary/aromatic N) is 4. The van der Waals surface area contributed by atoms with E-state index in [2.05, 4.69) is 180 Å². The summed E-state index contributed by atoms with van der Waals surface area (Å²) in [7, 11) is -6.97. The number of halogens is 3. The monoisotopic (exact) mass is 758 g/mol. The van der Waals surface area contributed by atoms with Crippen molar-refractivity contribution in [2.45, 2.75) is 83.1 Å². The van der Waals surface area contributed by atoms with E-state index >= 15 is 0 Å². The Balaban J connectivity index is 1.96. The maximum absolute atomic E-state index is 9.07. The van der Waals surface area contributed by atoms with Crippen molar-refractivity contribution in [3.8, 4) is 0 Å². The number of anilines is 4. The Morgan fingerprint density at radius 1 is 0.438 bits per heavy atom. The predicted octanol–water partition coefficient (Wildman–Crippen LogP) is 10.4. The van der Waals surface area contributed by atoms with Gasteiger partial charge in [-0.1, -0.05) is 138 Å². The van der Waals surface area contributed by atoms with Crippen molar-refractivity contribution in [1.82, 2.24) is 0 Å². The third-order valence-corrected chi connectivity index (χ3v) is 50.3. The molecule has 262 valence electrons. The molecule has 0 aromatic heterocycles.